The highest BCUT2D eigenvalue weighted by Gasteiger charge is 2.36. The van der Waals surface area contributed by atoms with Crippen molar-refractivity contribution in [3.8, 4) is 17.2 Å². The lowest BCUT2D eigenvalue weighted by atomic mass is 10.0. The molecule has 4 rings (SSSR count). The van der Waals surface area contributed by atoms with Gasteiger partial charge >= 0.3 is 0 Å². The lowest BCUT2D eigenvalue weighted by Crippen LogP contribution is -2.54. The molecule has 0 spiro atoms. The van der Waals surface area contributed by atoms with E-state index >= 15 is 0 Å². The molecule has 1 N–H and O–H groups in total. The molecule has 0 aromatic heterocycles. The number of hydrogen-bond acceptors (Lipinski definition) is 7. The minimum absolute atomic E-state index is 0.0155. The van der Waals surface area contributed by atoms with Crippen LogP contribution >= 0.6 is 23.2 Å². The van der Waals surface area contributed by atoms with Gasteiger partial charge in [0.15, 0.2) is 11.5 Å². The van der Waals surface area contributed by atoms with E-state index in [0.717, 1.165) is 9.87 Å². The fraction of sp³-hybridized carbons (Fsp3) is 0.297. The number of nitrogens with zero attached hydrogens (tertiary/aromatic N) is 2. The summed E-state index contributed by atoms with van der Waals surface area (Å²) in [6.45, 7) is 3.11. The molecular weight excluding hydrogens is 701 g/mol. The summed E-state index contributed by atoms with van der Waals surface area (Å²) in [7, 11) is -0.288. The largest absolute Gasteiger partial charge is 0.495 e. The number of anilines is 1. The van der Waals surface area contributed by atoms with Crippen molar-refractivity contribution < 1.29 is 32.2 Å². The highest BCUT2D eigenvalue weighted by molar-refractivity contribution is 7.92. The number of rotatable bonds is 16. The van der Waals surface area contributed by atoms with E-state index < -0.39 is 28.5 Å². The summed E-state index contributed by atoms with van der Waals surface area (Å²) in [6.07, 6.45) is 0.839. The van der Waals surface area contributed by atoms with Gasteiger partial charge in [-0.2, -0.15) is 0 Å². The van der Waals surface area contributed by atoms with Gasteiger partial charge in [-0.15, -0.1) is 0 Å². The van der Waals surface area contributed by atoms with Crippen molar-refractivity contribution in [1.29, 1.82) is 0 Å². The number of nitrogens with one attached hydrogen (secondary N) is 1. The van der Waals surface area contributed by atoms with Crippen LogP contribution in [0.5, 0.6) is 17.2 Å². The Bertz CT molecular complexity index is 1880. The lowest BCUT2D eigenvalue weighted by molar-refractivity contribution is -0.140. The number of hydrogen-bond donors (Lipinski definition) is 1. The van der Waals surface area contributed by atoms with Gasteiger partial charge in [0.2, 0.25) is 11.8 Å². The fourth-order valence-electron chi connectivity index (χ4n) is 5.26. The summed E-state index contributed by atoms with van der Waals surface area (Å²) >= 11 is 12.6. The van der Waals surface area contributed by atoms with E-state index in [1.807, 2.05) is 44.2 Å². The van der Waals surface area contributed by atoms with Crippen LogP contribution < -0.4 is 23.8 Å². The monoisotopic (exact) mass is 741 g/mol. The highest BCUT2D eigenvalue weighted by Crippen LogP contribution is 2.37. The molecule has 4 aromatic rings. The first-order valence-electron chi connectivity index (χ1n) is 15.9. The Kier molecular flexibility index (Phi) is 13.4. The molecule has 2 atom stereocenters. The van der Waals surface area contributed by atoms with Gasteiger partial charge < -0.3 is 24.4 Å². The molecule has 13 heteroatoms. The van der Waals surface area contributed by atoms with Crippen molar-refractivity contribution >= 4 is 50.7 Å². The first-order chi connectivity index (χ1) is 23.9. The Balaban J connectivity index is 1.88. The number of amides is 2. The molecule has 0 bridgehead atoms. The van der Waals surface area contributed by atoms with Gasteiger partial charge in [-0.05, 0) is 66.9 Å². The van der Waals surface area contributed by atoms with Gasteiger partial charge in [0.1, 0.15) is 18.3 Å². The summed E-state index contributed by atoms with van der Waals surface area (Å²) in [5.74, 6) is -0.371. The Hall–Kier alpha value is -4.45. The second-order valence-corrected chi connectivity index (χ2v) is 14.3. The molecule has 4 aromatic carbocycles. The summed E-state index contributed by atoms with van der Waals surface area (Å²) in [6, 6.07) is 23.6. The Labute approximate surface area is 303 Å². The van der Waals surface area contributed by atoms with E-state index in [-0.39, 0.29) is 52.0 Å². The third kappa shape index (κ3) is 9.41. The maximum atomic E-state index is 14.8. The zero-order valence-corrected chi connectivity index (χ0v) is 30.9. The molecule has 0 radical (unpaired) electrons. The average molecular weight is 743 g/mol. The maximum absolute atomic E-state index is 14.8. The molecule has 0 aliphatic heterocycles. The average Bonchev–Trinajstić information content (AvgIpc) is 3.12. The molecular formula is C37H41Cl2N3O7S. The SMILES string of the molecule is CC[C@H](C)NC(=O)[C@H](Cc1ccccc1)N(Cc1ccc(Cl)cc1)C(=O)CN(c1cc(Cl)ccc1OC)S(=O)(=O)c1ccc(OC)c(OC)c1. The van der Waals surface area contributed by atoms with E-state index in [9.17, 15) is 18.0 Å². The number of benzene rings is 4. The highest BCUT2D eigenvalue weighted by atomic mass is 35.5. The van der Waals surface area contributed by atoms with Gasteiger partial charge in [0, 0.05) is 35.1 Å². The first-order valence-corrected chi connectivity index (χ1v) is 18.1. The molecule has 0 unspecified atom stereocenters. The molecule has 0 heterocycles. The molecule has 0 aliphatic rings. The standard InChI is InChI=1S/C37H41Cl2N3O7S/c1-6-25(2)40-37(44)32(20-26-10-8-7-9-11-26)41(23-27-12-14-28(38)15-13-27)36(43)24-42(31-21-29(39)16-18-33(31)47-3)50(45,46)30-17-19-34(48-4)35(22-30)49-5/h7-19,21-22,25,32H,6,20,23-24H2,1-5H3,(H,40,44)/t25-,32-/m0/s1. The number of sulfonamides is 1. The summed E-state index contributed by atoms with van der Waals surface area (Å²) in [4.78, 5) is 30.0. The Morgan fingerprint density at radius 2 is 1.40 bits per heavy atom. The van der Waals surface area contributed by atoms with Crippen LogP contribution in [0.1, 0.15) is 31.4 Å². The van der Waals surface area contributed by atoms with E-state index in [0.29, 0.717) is 22.8 Å². The fourth-order valence-corrected chi connectivity index (χ4v) is 6.98. The Morgan fingerprint density at radius 3 is 2.02 bits per heavy atom. The molecule has 0 saturated carbocycles. The molecule has 50 heavy (non-hydrogen) atoms. The van der Waals surface area contributed by atoms with E-state index in [1.54, 1.807) is 30.3 Å². The lowest BCUT2D eigenvalue weighted by Gasteiger charge is -2.34. The van der Waals surface area contributed by atoms with Crippen LogP contribution in [0.3, 0.4) is 0 Å². The van der Waals surface area contributed by atoms with Gasteiger partial charge in [0.05, 0.1) is 31.9 Å². The second kappa shape index (κ2) is 17.5. The molecule has 0 fully saturated rings. The van der Waals surface area contributed by atoms with Crippen LogP contribution in [-0.4, -0.2) is 65.1 Å². The van der Waals surface area contributed by atoms with Crippen LogP contribution in [-0.2, 0) is 32.6 Å². The van der Waals surface area contributed by atoms with E-state index in [1.165, 1.54) is 56.6 Å². The van der Waals surface area contributed by atoms with Crippen molar-refractivity contribution in [2.24, 2.45) is 0 Å². The summed E-state index contributed by atoms with van der Waals surface area (Å²) < 4.78 is 46.3. The van der Waals surface area contributed by atoms with Crippen molar-refractivity contribution in [3.63, 3.8) is 0 Å². The molecule has 2 amide bonds. The molecule has 266 valence electrons. The molecule has 0 aliphatic carbocycles. The first kappa shape index (κ1) is 38.4. The van der Waals surface area contributed by atoms with Crippen molar-refractivity contribution in [3.05, 3.63) is 112 Å². The number of methoxy groups -OCH3 is 3. The van der Waals surface area contributed by atoms with Crippen LogP contribution in [0.15, 0.2) is 95.9 Å². The third-order valence-electron chi connectivity index (χ3n) is 8.17. The van der Waals surface area contributed by atoms with E-state index in [2.05, 4.69) is 5.32 Å². The quantitative estimate of drug-likeness (QED) is 0.135. The van der Waals surface area contributed by atoms with Crippen LogP contribution in [0, 0.1) is 0 Å². The van der Waals surface area contributed by atoms with Crippen molar-refractivity contribution in [1.82, 2.24) is 10.2 Å². The molecule has 0 saturated heterocycles. The maximum Gasteiger partial charge on any atom is 0.265 e. The number of halogens is 2. The normalized spacial score (nSPS) is 12.4. The van der Waals surface area contributed by atoms with Crippen molar-refractivity contribution in [2.45, 2.75) is 50.2 Å². The number of ether oxygens (including phenoxy) is 3. The van der Waals surface area contributed by atoms with Gasteiger partial charge in [-0.25, -0.2) is 8.42 Å². The number of carbonyl (C=O) groups excluding carboxylic acids is 2. The summed E-state index contributed by atoms with van der Waals surface area (Å²) in [5.41, 5.74) is 1.53. The topological polar surface area (TPSA) is 114 Å². The van der Waals surface area contributed by atoms with Gasteiger partial charge in [-0.1, -0.05) is 72.6 Å². The zero-order valence-electron chi connectivity index (χ0n) is 28.6. The zero-order chi connectivity index (χ0) is 36.4. The minimum Gasteiger partial charge on any atom is -0.495 e. The van der Waals surface area contributed by atoms with Crippen LogP contribution in [0.2, 0.25) is 10.0 Å². The van der Waals surface area contributed by atoms with Gasteiger partial charge in [-0.3, -0.25) is 13.9 Å². The second-order valence-electron chi connectivity index (χ2n) is 11.5. The predicted octanol–water partition coefficient (Wildman–Crippen LogP) is 6.77. The Morgan fingerprint density at radius 1 is 0.780 bits per heavy atom. The van der Waals surface area contributed by atoms with E-state index in [4.69, 9.17) is 37.4 Å². The predicted molar refractivity (Wildman–Crippen MR) is 196 cm³/mol. The number of carbonyl (C=O) groups is 2. The van der Waals surface area contributed by atoms with Crippen LogP contribution in [0.4, 0.5) is 5.69 Å². The minimum atomic E-state index is -4.50. The summed E-state index contributed by atoms with van der Waals surface area (Å²) in [5, 5.41) is 3.74. The van der Waals surface area contributed by atoms with Crippen molar-refractivity contribution in [2.75, 3.05) is 32.2 Å². The third-order valence-corrected chi connectivity index (χ3v) is 10.4. The van der Waals surface area contributed by atoms with Gasteiger partial charge in [0.25, 0.3) is 10.0 Å². The van der Waals surface area contributed by atoms with Crippen LogP contribution in [0.25, 0.3) is 0 Å². The smallest absolute Gasteiger partial charge is 0.265 e. The molecule has 10 nitrogen and oxygen atoms in total.